The Kier molecular flexibility index (Phi) is 10.1. The molecule has 0 saturated carbocycles. The second-order valence-corrected chi connectivity index (χ2v) is 6.12. The van der Waals surface area contributed by atoms with Gasteiger partial charge in [0.25, 0.3) is 0 Å². The highest BCUT2D eigenvalue weighted by Gasteiger charge is 2.29. The number of methoxy groups -OCH3 is 1. The second kappa shape index (κ2) is 10.6. The van der Waals surface area contributed by atoms with Crippen molar-refractivity contribution in [2.75, 3.05) is 33.3 Å². The van der Waals surface area contributed by atoms with Gasteiger partial charge in [0, 0.05) is 37.8 Å². The van der Waals surface area contributed by atoms with Crippen LogP contribution in [0.5, 0.6) is 11.5 Å². The third kappa shape index (κ3) is 5.15. The van der Waals surface area contributed by atoms with Gasteiger partial charge >= 0.3 is 0 Å². The van der Waals surface area contributed by atoms with Gasteiger partial charge in [0.15, 0.2) is 11.5 Å². The van der Waals surface area contributed by atoms with E-state index < -0.39 is 0 Å². The lowest BCUT2D eigenvalue weighted by molar-refractivity contribution is 0.151. The molecule has 2 N–H and O–H groups in total. The molecule has 0 bridgehead atoms. The summed E-state index contributed by atoms with van der Waals surface area (Å²) in [5.41, 5.74) is 1.24. The number of benzene rings is 1. The number of piperazine rings is 1. The molecular formula is C17H27Cl2N3O2. The first-order valence-corrected chi connectivity index (χ1v) is 7.83. The van der Waals surface area contributed by atoms with Gasteiger partial charge in [-0.25, -0.2) is 0 Å². The fourth-order valence-electron chi connectivity index (χ4n) is 3.08. The fraction of sp³-hybridized carbons (Fsp3) is 0.588. The van der Waals surface area contributed by atoms with Crippen molar-refractivity contribution in [2.45, 2.75) is 26.3 Å². The lowest BCUT2D eigenvalue weighted by Gasteiger charge is -2.37. The summed E-state index contributed by atoms with van der Waals surface area (Å²) in [6.07, 6.45) is 0.898. The minimum Gasteiger partial charge on any atom is -0.504 e. The molecule has 1 aliphatic rings. The van der Waals surface area contributed by atoms with Crippen LogP contribution >= 0.6 is 24.8 Å². The molecule has 0 aliphatic carbocycles. The summed E-state index contributed by atoms with van der Waals surface area (Å²) in [7, 11) is 1.53. The molecule has 0 radical (unpaired) electrons. The number of ether oxygens (including phenoxy) is 1. The molecule has 24 heavy (non-hydrogen) atoms. The number of aromatic hydroxyl groups is 1. The molecule has 136 valence electrons. The Morgan fingerprint density at radius 2 is 1.92 bits per heavy atom. The lowest BCUT2D eigenvalue weighted by atomic mass is 9.91. The van der Waals surface area contributed by atoms with E-state index in [4.69, 9.17) is 4.74 Å². The van der Waals surface area contributed by atoms with Crippen molar-refractivity contribution in [3.8, 4) is 17.6 Å². The number of rotatable bonds is 5. The largest absolute Gasteiger partial charge is 0.504 e. The van der Waals surface area contributed by atoms with Crippen molar-refractivity contribution >= 4 is 24.8 Å². The normalized spacial score (nSPS) is 15.8. The zero-order chi connectivity index (χ0) is 16.1. The molecule has 7 heteroatoms. The van der Waals surface area contributed by atoms with Gasteiger partial charge in [0.2, 0.25) is 0 Å². The predicted molar refractivity (Wildman–Crippen MR) is 101 cm³/mol. The SMILES string of the molecule is COc1ccc(C#N)c([C@@H](CC(C)C)N2CCNCC2)c1O.Cl.Cl. The van der Waals surface area contributed by atoms with E-state index in [1.165, 1.54) is 7.11 Å². The van der Waals surface area contributed by atoms with Gasteiger partial charge in [-0.2, -0.15) is 5.26 Å². The third-order valence-corrected chi connectivity index (χ3v) is 4.14. The first-order valence-electron chi connectivity index (χ1n) is 7.83. The van der Waals surface area contributed by atoms with Crippen LogP contribution in [0, 0.1) is 17.2 Å². The lowest BCUT2D eigenvalue weighted by Crippen LogP contribution is -2.45. The van der Waals surface area contributed by atoms with Gasteiger partial charge in [0.1, 0.15) is 0 Å². The van der Waals surface area contributed by atoms with E-state index in [1.807, 2.05) is 0 Å². The molecule has 0 unspecified atom stereocenters. The van der Waals surface area contributed by atoms with Gasteiger partial charge < -0.3 is 15.2 Å². The Labute approximate surface area is 156 Å². The number of nitrogens with zero attached hydrogens (tertiary/aromatic N) is 2. The van der Waals surface area contributed by atoms with E-state index in [9.17, 15) is 10.4 Å². The van der Waals surface area contributed by atoms with Crippen LogP contribution in [-0.2, 0) is 0 Å². The molecule has 1 saturated heterocycles. The Hall–Kier alpha value is -1.19. The van der Waals surface area contributed by atoms with Crippen LogP contribution in [0.1, 0.15) is 37.4 Å². The van der Waals surface area contributed by atoms with Crippen LogP contribution in [0.4, 0.5) is 0 Å². The van der Waals surface area contributed by atoms with Gasteiger partial charge in [-0.1, -0.05) is 13.8 Å². The topological polar surface area (TPSA) is 68.5 Å². The molecule has 1 aromatic carbocycles. The Balaban J connectivity index is 0.00000264. The highest BCUT2D eigenvalue weighted by Crippen LogP contribution is 2.41. The van der Waals surface area contributed by atoms with Crippen molar-refractivity contribution in [1.82, 2.24) is 10.2 Å². The van der Waals surface area contributed by atoms with Gasteiger partial charge in [-0.05, 0) is 24.5 Å². The second-order valence-electron chi connectivity index (χ2n) is 6.12. The number of hydrogen-bond donors (Lipinski definition) is 2. The fourth-order valence-corrected chi connectivity index (χ4v) is 3.08. The monoisotopic (exact) mass is 375 g/mol. The number of nitriles is 1. The van der Waals surface area contributed by atoms with Crippen LogP contribution in [-0.4, -0.2) is 43.3 Å². The molecule has 0 aromatic heterocycles. The Morgan fingerprint density at radius 1 is 1.29 bits per heavy atom. The number of halogens is 2. The van der Waals surface area contributed by atoms with Crippen LogP contribution in [0.15, 0.2) is 12.1 Å². The number of hydrogen-bond acceptors (Lipinski definition) is 5. The molecule has 1 heterocycles. The van der Waals surface area contributed by atoms with Crippen LogP contribution in [0.3, 0.4) is 0 Å². The van der Waals surface area contributed by atoms with E-state index in [2.05, 4.69) is 30.1 Å². The van der Waals surface area contributed by atoms with E-state index >= 15 is 0 Å². The highest BCUT2D eigenvalue weighted by atomic mass is 35.5. The van der Waals surface area contributed by atoms with Gasteiger partial charge in [-0.3, -0.25) is 4.90 Å². The summed E-state index contributed by atoms with van der Waals surface area (Å²) in [5.74, 6) is 1.00. The van der Waals surface area contributed by atoms with Crippen molar-refractivity contribution in [3.05, 3.63) is 23.3 Å². The maximum absolute atomic E-state index is 10.6. The molecule has 0 amide bonds. The van der Waals surface area contributed by atoms with Crippen molar-refractivity contribution < 1.29 is 9.84 Å². The van der Waals surface area contributed by atoms with Gasteiger partial charge in [0.05, 0.1) is 18.7 Å². The van der Waals surface area contributed by atoms with Crippen molar-refractivity contribution in [2.24, 2.45) is 5.92 Å². The first-order chi connectivity index (χ1) is 10.6. The third-order valence-electron chi connectivity index (χ3n) is 4.14. The maximum Gasteiger partial charge on any atom is 0.163 e. The summed E-state index contributed by atoms with van der Waals surface area (Å²) < 4.78 is 5.24. The zero-order valence-corrected chi connectivity index (χ0v) is 16.0. The Bertz CT molecular complexity index is 556. The average Bonchev–Trinajstić information content (AvgIpc) is 2.53. The quantitative estimate of drug-likeness (QED) is 0.827. The zero-order valence-electron chi connectivity index (χ0n) is 14.4. The number of nitrogens with one attached hydrogen (secondary N) is 1. The average molecular weight is 376 g/mol. The Morgan fingerprint density at radius 3 is 2.42 bits per heavy atom. The first kappa shape index (κ1) is 22.8. The van der Waals surface area contributed by atoms with Crippen LogP contribution in [0.2, 0.25) is 0 Å². The molecule has 1 aliphatic heterocycles. The highest BCUT2D eigenvalue weighted by molar-refractivity contribution is 5.85. The summed E-state index contributed by atoms with van der Waals surface area (Å²) in [5, 5.41) is 23.4. The summed E-state index contributed by atoms with van der Waals surface area (Å²) >= 11 is 0. The minimum absolute atomic E-state index is 0. The smallest absolute Gasteiger partial charge is 0.163 e. The molecule has 0 spiro atoms. The van der Waals surface area contributed by atoms with E-state index in [0.717, 1.165) is 32.6 Å². The van der Waals surface area contributed by atoms with E-state index in [-0.39, 0.29) is 36.6 Å². The molecule has 2 rings (SSSR count). The summed E-state index contributed by atoms with van der Waals surface area (Å²) in [4.78, 5) is 2.35. The molecule has 1 fully saturated rings. The molecule has 1 aromatic rings. The summed E-state index contributed by atoms with van der Waals surface area (Å²) in [6.45, 7) is 8.02. The van der Waals surface area contributed by atoms with Crippen LogP contribution in [0.25, 0.3) is 0 Å². The molecule has 1 atom stereocenters. The standard InChI is InChI=1S/C17H25N3O2.2ClH/c1-12(2)10-14(20-8-6-19-7-9-20)16-13(11-18)4-5-15(22-3)17(16)21;;/h4-5,12,14,19,21H,6-10H2,1-3H3;2*1H/t14-;;/m1../s1. The van der Waals surface area contributed by atoms with E-state index in [0.29, 0.717) is 22.8 Å². The predicted octanol–water partition coefficient (Wildman–Crippen LogP) is 3.11. The number of phenols is 1. The summed E-state index contributed by atoms with van der Waals surface area (Å²) in [6, 6.07) is 5.65. The van der Waals surface area contributed by atoms with E-state index in [1.54, 1.807) is 12.1 Å². The van der Waals surface area contributed by atoms with Crippen molar-refractivity contribution in [3.63, 3.8) is 0 Å². The number of phenolic OH excluding ortho intramolecular Hbond substituents is 1. The molecular weight excluding hydrogens is 349 g/mol. The maximum atomic E-state index is 10.6. The molecule has 5 nitrogen and oxygen atoms in total. The van der Waals surface area contributed by atoms with Crippen LogP contribution < -0.4 is 10.1 Å². The van der Waals surface area contributed by atoms with Gasteiger partial charge in [-0.15, -0.1) is 24.8 Å². The minimum atomic E-state index is 0. The van der Waals surface area contributed by atoms with Crippen molar-refractivity contribution in [1.29, 1.82) is 5.26 Å².